The molecule has 20 heavy (non-hydrogen) atoms. The highest BCUT2D eigenvalue weighted by atomic mass is 16.2. The first-order valence-electron chi connectivity index (χ1n) is 7.25. The molecule has 0 spiro atoms. The van der Waals surface area contributed by atoms with Crippen molar-refractivity contribution in [2.45, 2.75) is 18.9 Å². The van der Waals surface area contributed by atoms with Crippen LogP contribution >= 0.6 is 0 Å². The van der Waals surface area contributed by atoms with Crippen LogP contribution in [0.5, 0.6) is 0 Å². The van der Waals surface area contributed by atoms with E-state index in [9.17, 15) is 14.4 Å². The third-order valence-corrected chi connectivity index (χ3v) is 4.37. The summed E-state index contributed by atoms with van der Waals surface area (Å²) in [5, 5.41) is 3.16. The Labute approximate surface area is 117 Å². The van der Waals surface area contributed by atoms with Crippen LogP contribution in [0.3, 0.4) is 0 Å². The van der Waals surface area contributed by atoms with Gasteiger partial charge >= 0.3 is 11.8 Å². The number of hydrogen-bond donors (Lipinski definition) is 1. The lowest BCUT2D eigenvalue weighted by atomic mass is 10.1. The normalized spacial score (nSPS) is 26.7. The van der Waals surface area contributed by atoms with Crippen molar-refractivity contribution in [3.05, 3.63) is 0 Å². The van der Waals surface area contributed by atoms with E-state index in [-0.39, 0.29) is 11.9 Å². The summed E-state index contributed by atoms with van der Waals surface area (Å²) in [6.07, 6.45) is 1.36. The second-order valence-corrected chi connectivity index (χ2v) is 5.57. The molecule has 3 aliphatic heterocycles. The number of piperazine rings is 2. The molecule has 0 aromatic rings. The second-order valence-electron chi connectivity index (χ2n) is 5.57. The van der Waals surface area contributed by atoms with E-state index in [1.807, 2.05) is 4.90 Å². The molecule has 3 aliphatic rings. The van der Waals surface area contributed by atoms with E-state index in [1.165, 1.54) is 0 Å². The highest BCUT2D eigenvalue weighted by Crippen LogP contribution is 2.22. The monoisotopic (exact) mass is 280 g/mol. The number of nitrogens with one attached hydrogen (secondary N) is 1. The number of fused-ring (bicyclic) bond motifs is 1. The fourth-order valence-electron chi connectivity index (χ4n) is 3.19. The minimum atomic E-state index is -0.411. The molecular weight excluding hydrogens is 260 g/mol. The standard InChI is InChI=1S/C13H20N4O3/c18-11-2-1-10-9-16(7-8-17(10)11)13(20)12(19)15-5-3-14-4-6-15/h10,14H,1-9H2. The molecule has 3 amide bonds. The first-order chi connectivity index (χ1) is 9.66. The summed E-state index contributed by atoms with van der Waals surface area (Å²) in [5.41, 5.74) is 0. The number of carbonyl (C=O) groups excluding carboxylic acids is 3. The van der Waals surface area contributed by atoms with Gasteiger partial charge in [-0.15, -0.1) is 0 Å². The molecule has 0 bridgehead atoms. The molecule has 110 valence electrons. The molecule has 0 aromatic carbocycles. The van der Waals surface area contributed by atoms with Crippen LogP contribution in [0.1, 0.15) is 12.8 Å². The quantitative estimate of drug-likeness (QED) is 0.534. The number of carbonyl (C=O) groups is 3. The Morgan fingerprint density at radius 2 is 1.70 bits per heavy atom. The lowest BCUT2D eigenvalue weighted by Gasteiger charge is -2.38. The smallest absolute Gasteiger partial charge is 0.312 e. The Kier molecular flexibility index (Phi) is 3.60. The molecule has 3 heterocycles. The second kappa shape index (κ2) is 5.40. The van der Waals surface area contributed by atoms with Gasteiger partial charge in [-0.2, -0.15) is 0 Å². The van der Waals surface area contributed by atoms with E-state index < -0.39 is 11.8 Å². The Balaban J connectivity index is 1.60. The largest absolute Gasteiger partial charge is 0.336 e. The zero-order valence-corrected chi connectivity index (χ0v) is 11.5. The molecule has 3 saturated heterocycles. The molecule has 3 fully saturated rings. The molecule has 7 heteroatoms. The van der Waals surface area contributed by atoms with Crippen LogP contribution in [-0.2, 0) is 14.4 Å². The molecule has 0 saturated carbocycles. The van der Waals surface area contributed by atoms with Gasteiger partial charge in [-0.05, 0) is 6.42 Å². The maximum atomic E-state index is 12.3. The van der Waals surface area contributed by atoms with Crippen LogP contribution in [0.4, 0.5) is 0 Å². The first-order valence-corrected chi connectivity index (χ1v) is 7.25. The van der Waals surface area contributed by atoms with Crippen LogP contribution in [0.15, 0.2) is 0 Å². The molecule has 0 aromatic heterocycles. The van der Waals surface area contributed by atoms with Crippen molar-refractivity contribution in [1.82, 2.24) is 20.0 Å². The third kappa shape index (κ3) is 2.37. The Bertz CT molecular complexity index is 433. The molecule has 1 atom stereocenters. The van der Waals surface area contributed by atoms with Crippen LogP contribution in [0, 0.1) is 0 Å². The van der Waals surface area contributed by atoms with Crippen molar-refractivity contribution in [3.8, 4) is 0 Å². The molecule has 3 rings (SSSR count). The number of hydrogen-bond acceptors (Lipinski definition) is 4. The van der Waals surface area contributed by atoms with E-state index in [4.69, 9.17) is 0 Å². The van der Waals surface area contributed by atoms with Gasteiger partial charge < -0.3 is 20.0 Å². The van der Waals surface area contributed by atoms with Crippen molar-refractivity contribution in [1.29, 1.82) is 0 Å². The molecule has 7 nitrogen and oxygen atoms in total. The van der Waals surface area contributed by atoms with E-state index in [1.54, 1.807) is 9.80 Å². The van der Waals surface area contributed by atoms with Crippen LogP contribution in [-0.4, -0.2) is 84.3 Å². The van der Waals surface area contributed by atoms with Gasteiger partial charge in [-0.3, -0.25) is 14.4 Å². The van der Waals surface area contributed by atoms with Crippen molar-refractivity contribution < 1.29 is 14.4 Å². The van der Waals surface area contributed by atoms with Gasteiger partial charge in [0, 0.05) is 58.3 Å². The molecule has 1 N–H and O–H groups in total. The predicted molar refractivity (Wildman–Crippen MR) is 70.8 cm³/mol. The zero-order valence-electron chi connectivity index (χ0n) is 11.5. The molecule has 0 radical (unpaired) electrons. The molecule has 0 aliphatic carbocycles. The average Bonchev–Trinajstić information content (AvgIpc) is 2.87. The lowest BCUT2D eigenvalue weighted by Crippen LogP contribution is -2.58. The highest BCUT2D eigenvalue weighted by Gasteiger charge is 2.39. The first kappa shape index (κ1) is 13.4. The van der Waals surface area contributed by atoms with Crippen molar-refractivity contribution in [2.75, 3.05) is 45.8 Å². The van der Waals surface area contributed by atoms with Crippen molar-refractivity contribution in [2.24, 2.45) is 0 Å². The number of rotatable bonds is 0. The van der Waals surface area contributed by atoms with E-state index >= 15 is 0 Å². The SMILES string of the molecule is O=C(C(=O)N1CCN2C(=O)CCC2C1)N1CCNCC1. The van der Waals surface area contributed by atoms with Crippen molar-refractivity contribution >= 4 is 17.7 Å². The summed E-state index contributed by atoms with van der Waals surface area (Å²) in [4.78, 5) is 41.1. The molecular formula is C13H20N4O3. The van der Waals surface area contributed by atoms with Gasteiger partial charge in [0.05, 0.1) is 0 Å². The summed E-state index contributed by atoms with van der Waals surface area (Å²) < 4.78 is 0. The summed E-state index contributed by atoms with van der Waals surface area (Å²) in [5.74, 6) is -0.634. The maximum Gasteiger partial charge on any atom is 0.312 e. The predicted octanol–water partition coefficient (Wildman–Crippen LogP) is -1.75. The van der Waals surface area contributed by atoms with Gasteiger partial charge in [0.2, 0.25) is 5.91 Å². The minimum absolute atomic E-state index is 0.107. The average molecular weight is 280 g/mol. The minimum Gasteiger partial charge on any atom is -0.336 e. The summed E-state index contributed by atoms with van der Waals surface area (Å²) in [6.45, 7) is 4.19. The molecule has 1 unspecified atom stereocenters. The van der Waals surface area contributed by atoms with Gasteiger partial charge in [0.15, 0.2) is 0 Å². The number of amides is 3. The van der Waals surface area contributed by atoms with Crippen LogP contribution < -0.4 is 5.32 Å². The van der Waals surface area contributed by atoms with Gasteiger partial charge in [0.25, 0.3) is 0 Å². The summed E-state index contributed by atoms with van der Waals surface area (Å²) in [6, 6.07) is 0.107. The Hall–Kier alpha value is -1.63. The fraction of sp³-hybridized carbons (Fsp3) is 0.769. The number of nitrogens with zero attached hydrogens (tertiary/aromatic N) is 3. The van der Waals surface area contributed by atoms with Gasteiger partial charge in [-0.1, -0.05) is 0 Å². The lowest BCUT2D eigenvalue weighted by molar-refractivity contribution is -0.154. The third-order valence-electron chi connectivity index (χ3n) is 4.37. The van der Waals surface area contributed by atoms with E-state index in [2.05, 4.69) is 5.32 Å². The summed E-state index contributed by atoms with van der Waals surface area (Å²) >= 11 is 0. The highest BCUT2D eigenvalue weighted by molar-refractivity contribution is 6.35. The maximum absolute atomic E-state index is 12.3. The summed E-state index contributed by atoms with van der Waals surface area (Å²) in [7, 11) is 0. The van der Waals surface area contributed by atoms with Crippen molar-refractivity contribution in [3.63, 3.8) is 0 Å². The Morgan fingerprint density at radius 1 is 1.00 bits per heavy atom. The van der Waals surface area contributed by atoms with Gasteiger partial charge in [-0.25, -0.2) is 0 Å². The zero-order chi connectivity index (χ0) is 14.1. The van der Waals surface area contributed by atoms with Crippen LogP contribution in [0.2, 0.25) is 0 Å². The van der Waals surface area contributed by atoms with E-state index in [0.29, 0.717) is 39.1 Å². The Morgan fingerprint density at radius 3 is 2.45 bits per heavy atom. The topological polar surface area (TPSA) is 73.0 Å². The van der Waals surface area contributed by atoms with E-state index in [0.717, 1.165) is 19.5 Å². The van der Waals surface area contributed by atoms with Crippen LogP contribution in [0.25, 0.3) is 0 Å². The van der Waals surface area contributed by atoms with Gasteiger partial charge in [0.1, 0.15) is 0 Å². The fourth-order valence-corrected chi connectivity index (χ4v) is 3.19.